The molecule has 0 atom stereocenters. The van der Waals surface area contributed by atoms with E-state index in [0.717, 1.165) is 54.7 Å². The molecule has 0 bridgehead atoms. The summed E-state index contributed by atoms with van der Waals surface area (Å²) in [6, 6.07) is 8.15. The molecule has 1 aliphatic heterocycles. The minimum Gasteiger partial charge on any atom is -0.495 e. The number of H-pyrrole nitrogens is 1. The first-order chi connectivity index (χ1) is 10.7. The number of hydrogen-bond acceptors (Lipinski definition) is 5. The second kappa shape index (κ2) is 6.54. The number of rotatable bonds is 4. The van der Waals surface area contributed by atoms with Crippen LogP contribution in [0.3, 0.4) is 0 Å². The van der Waals surface area contributed by atoms with Gasteiger partial charge in [0.25, 0.3) is 0 Å². The smallest absolute Gasteiger partial charge is 0.304 e. The lowest BCUT2D eigenvalue weighted by Crippen LogP contribution is -2.46. The molecule has 3 rings (SSSR count). The maximum absolute atomic E-state index is 11.4. The molecule has 6 heteroatoms. The predicted molar refractivity (Wildman–Crippen MR) is 90.2 cm³/mol. The van der Waals surface area contributed by atoms with Crippen LogP contribution in [0.2, 0.25) is 0 Å². The Morgan fingerprint density at radius 2 is 1.95 bits per heavy atom. The van der Waals surface area contributed by atoms with Crippen LogP contribution in [0, 0.1) is 6.92 Å². The van der Waals surface area contributed by atoms with Gasteiger partial charge in [0.1, 0.15) is 5.75 Å². The van der Waals surface area contributed by atoms with Crippen molar-refractivity contribution < 1.29 is 4.74 Å². The van der Waals surface area contributed by atoms with Crippen LogP contribution in [0.5, 0.6) is 5.75 Å². The van der Waals surface area contributed by atoms with Gasteiger partial charge in [-0.25, -0.2) is 0 Å². The van der Waals surface area contributed by atoms with Crippen molar-refractivity contribution in [3.63, 3.8) is 0 Å². The summed E-state index contributed by atoms with van der Waals surface area (Å²) in [6.07, 6.45) is 0. The number of aromatic amines is 1. The molecule has 1 saturated heterocycles. The maximum Gasteiger partial charge on any atom is 0.304 e. The average molecular weight is 319 g/mol. The third-order valence-corrected chi connectivity index (χ3v) is 5.06. The zero-order valence-corrected chi connectivity index (χ0v) is 13.8. The van der Waals surface area contributed by atoms with E-state index in [1.807, 2.05) is 25.1 Å². The Balaban J connectivity index is 1.63. The van der Waals surface area contributed by atoms with Gasteiger partial charge in [-0.05, 0) is 19.1 Å². The van der Waals surface area contributed by atoms with Crippen molar-refractivity contribution in [3.8, 4) is 5.75 Å². The van der Waals surface area contributed by atoms with Crippen LogP contribution < -0.4 is 14.5 Å². The van der Waals surface area contributed by atoms with E-state index in [-0.39, 0.29) is 4.87 Å². The zero-order valence-electron chi connectivity index (χ0n) is 13.0. The molecular formula is C16H21N3O2S. The Kier molecular flexibility index (Phi) is 4.49. The lowest BCUT2D eigenvalue weighted by Gasteiger charge is -2.36. The summed E-state index contributed by atoms with van der Waals surface area (Å²) >= 11 is 1.32. The highest BCUT2D eigenvalue weighted by Crippen LogP contribution is 2.28. The first-order valence-electron chi connectivity index (χ1n) is 7.46. The fourth-order valence-electron chi connectivity index (χ4n) is 2.83. The number of anilines is 1. The Bertz CT molecular complexity index is 687. The number of methoxy groups -OCH3 is 1. The van der Waals surface area contributed by atoms with Crippen molar-refractivity contribution in [2.75, 3.05) is 38.2 Å². The minimum absolute atomic E-state index is 0.0418. The zero-order chi connectivity index (χ0) is 15.5. The minimum atomic E-state index is 0.0418. The summed E-state index contributed by atoms with van der Waals surface area (Å²) in [5.41, 5.74) is 2.16. The number of nitrogens with zero attached hydrogens (tertiary/aromatic N) is 2. The van der Waals surface area contributed by atoms with Crippen LogP contribution in [-0.2, 0) is 6.54 Å². The van der Waals surface area contributed by atoms with E-state index in [1.54, 1.807) is 7.11 Å². The number of hydrogen-bond donors (Lipinski definition) is 1. The first-order valence-corrected chi connectivity index (χ1v) is 8.28. The Hall–Kier alpha value is -1.79. The monoisotopic (exact) mass is 319 g/mol. The molecule has 22 heavy (non-hydrogen) atoms. The molecule has 118 valence electrons. The SMILES string of the molecule is COc1ccccc1N1CCN(Cc2sc(=O)[nH]c2C)CC1. The molecule has 1 fully saturated rings. The lowest BCUT2D eigenvalue weighted by molar-refractivity contribution is 0.250. The van der Waals surface area contributed by atoms with Gasteiger partial charge in [0.2, 0.25) is 0 Å². The quantitative estimate of drug-likeness (QED) is 0.937. The van der Waals surface area contributed by atoms with Crippen LogP contribution in [0.15, 0.2) is 29.1 Å². The second-order valence-electron chi connectivity index (χ2n) is 5.50. The van der Waals surface area contributed by atoms with Gasteiger partial charge in [-0.2, -0.15) is 0 Å². The molecular weight excluding hydrogens is 298 g/mol. The third-order valence-electron chi connectivity index (χ3n) is 4.09. The summed E-state index contributed by atoms with van der Waals surface area (Å²) in [5.74, 6) is 0.927. The first kappa shape index (κ1) is 15.1. The molecule has 1 aromatic heterocycles. The second-order valence-corrected chi connectivity index (χ2v) is 6.57. The van der Waals surface area contributed by atoms with E-state index in [1.165, 1.54) is 11.3 Å². The number of aromatic nitrogens is 1. The van der Waals surface area contributed by atoms with E-state index < -0.39 is 0 Å². The predicted octanol–water partition coefficient (Wildman–Crippen LogP) is 2.08. The van der Waals surface area contributed by atoms with Gasteiger partial charge in [-0.3, -0.25) is 9.69 Å². The molecule has 1 aliphatic rings. The van der Waals surface area contributed by atoms with Crippen molar-refractivity contribution in [1.29, 1.82) is 0 Å². The highest BCUT2D eigenvalue weighted by Gasteiger charge is 2.20. The maximum atomic E-state index is 11.4. The van der Waals surface area contributed by atoms with Crippen molar-refractivity contribution in [2.45, 2.75) is 13.5 Å². The van der Waals surface area contributed by atoms with Gasteiger partial charge in [0.05, 0.1) is 12.8 Å². The molecule has 2 heterocycles. The molecule has 0 radical (unpaired) electrons. The van der Waals surface area contributed by atoms with Crippen LogP contribution in [0.4, 0.5) is 5.69 Å². The third kappa shape index (κ3) is 3.18. The topological polar surface area (TPSA) is 48.6 Å². The lowest BCUT2D eigenvalue weighted by atomic mass is 10.2. The van der Waals surface area contributed by atoms with Crippen LogP contribution >= 0.6 is 11.3 Å². The fraction of sp³-hybridized carbons (Fsp3) is 0.438. The normalized spacial score (nSPS) is 16.0. The van der Waals surface area contributed by atoms with Crippen molar-refractivity contribution >= 4 is 17.0 Å². The standard InChI is InChI=1S/C16H21N3O2S/c1-12-15(22-16(20)17-12)11-18-7-9-19(10-8-18)13-5-3-4-6-14(13)21-2/h3-6H,7-11H2,1-2H3,(H,17,20). The molecule has 0 amide bonds. The van der Waals surface area contributed by atoms with Gasteiger partial charge in [-0.15, -0.1) is 0 Å². The van der Waals surface area contributed by atoms with Gasteiger partial charge in [0, 0.05) is 43.3 Å². The molecule has 1 aromatic carbocycles. The molecule has 0 unspecified atom stereocenters. The largest absolute Gasteiger partial charge is 0.495 e. The summed E-state index contributed by atoms with van der Waals surface area (Å²) in [7, 11) is 1.71. The van der Waals surface area contributed by atoms with E-state index in [4.69, 9.17) is 4.74 Å². The van der Waals surface area contributed by atoms with Crippen LogP contribution in [0.25, 0.3) is 0 Å². The fourth-order valence-corrected chi connectivity index (χ4v) is 3.71. The molecule has 0 aliphatic carbocycles. The molecule has 0 spiro atoms. The number of ether oxygens (including phenoxy) is 1. The molecule has 1 N–H and O–H groups in total. The summed E-state index contributed by atoms with van der Waals surface area (Å²) in [4.78, 5) is 20.2. The van der Waals surface area contributed by atoms with Crippen molar-refractivity contribution in [1.82, 2.24) is 9.88 Å². The Labute approximate surface area is 134 Å². The number of para-hydroxylation sites is 2. The molecule has 5 nitrogen and oxygen atoms in total. The summed E-state index contributed by atoms with van der Waals surface area (Å²) in [5, 5.41) is 0. The van der Waals surface area contributed by atoms with Gasteiger partial charge in [-0.1, -0.05) is 23.5 Å². The molecule has 0 saturated carbocycles. The van der Waals surface area contributed by atoms with Gasteiger partial charge < -0.3 is 14.6 Å². The summed E-state index contributed by atoms with van der Waals surface area (Å²) < 4.78 is 5.45. The van der Waals surface area contributed by atoms with E-state index in [2.05, 4.69) is 20.9 Å². The van der Waals surface area contributed by atoms with Gasteiger partial charge >= 0.3 is 4.87 Å². The number of benzene rings is 1. The van der Waals surface area contributed by atoms with E-state index >= 15 is 0 Å². The number of thiazole rings is 1. The highest BCUT2D eigenvalue weighted by atomic mass is 32.1. The highest BCUT2D eigenvalue weighted by molar-refractivity contribution is 7.09. The van der Waals surface area contributed by atoms with E-state index in [9.17, 15) is 4.79 Å². The summed E-state index contributed by atoms with van der Waals surface area (Å²) in [6.45, 7) is 6.75. The van der Waals surface area contributed by atoms with Crippen LogP contribution in [0.1, 0.15) is 10.6 Å². The number of piperazine rings is 1. The Morgan fingerprint density at radius 3 is 2.59 bits per heavy atom. The average Bonchev–Trinajstić information content (AvgIpc) is 2.85. The van der Waals surface area contributed by atoms with Crippen molar-refractivity contribution in [2.24, 2.45) is 0 Å². The van der Waals surface area contributed by atoms with E-state index in [0.29, 0.717) is 0 Å². The van der Waals surface area contributed by atoms with Crippen LogP contribution in [-0.4, -0.2) is 43.2 Å². The number of aryl methyl sites for hydroxylation is 1. The van der Waals surface area contributed by atoms with Crippen molar-refractivity contribution in [3.05, 3.63) is 44.5 Å². The molecule has 2 aromatic rings. The number of nitrogens with one attached hydrogen (secondary N) is 1. The van der Waals surface area contributed by atoms with Gasteiger partial charge in [0.15, 0.2) is 0 Å². The Morgan fingerprint density at radius 1 is 1.23 bits per heavy atom.